The highest BCUT2D eigenvalue weighted by Gasteiger charge is 2.09. The minimum absolute atomic E-state index is 0.101. The van der Waals surface area contributed by atoms with Gasteiger partial charge in [-0.2, -0.15) is 0 Å². The van der Waals surface area contributed by atoms with Crippen molar-refractivity contribution in [1.82, 2.24) is 14.5 Å². The van der Waals surface area contributed by atoms with E-state index in [1.165, 1.54) is 11.6 Å². The Morgan fingerprint density at radius 3 is 2.67 bits per heavy atom. The third-order valence-corrected chi connectivity index (χ3v) is 3.96. The third-order valence-electron chi connectivity index (χ3n) is 3.46. The van der Waals surface area contributed by atoms with Crippen LogP contribution in [0.25, 0.3) is 0 Å². The molecule has 1 heterocycles. The van der Waals surface area contributed by atoms with Crippen molar-refractivity contribution >= 4 is 15.9 Å². The molecule has 0 aliphatic heterocycles. The van der Waals surface area contributed by atoms with Crippen LogP contribution >= 0.6 is 15.9 Å². The van der Waals surface area contributed by atoms with Crippen molar-refractivity contribution in [3.05, 3.63) is 66.9 Å². The number of aryl methyl sites for hydroxylation is 1. The molecule has 1 aromatic carbocycles. The van der Waals surface area contributed by atoms with E-state index in [4.69, 9.17) is 0 Å². The summed E-state index contributed by atoms with van der Waals surface area (Å²) in [5.41, 5.74) is 1.13. The second-order valence-electron chi connectivity index (χ2n) is 5.07. The van der Waals surface area contributed by atoms with Gasteiger partial charge in [-0.25, -0.2) is 4.79 Å². The van der Waals surface area contributed by atoms with Crippen LogP contribution in [0.2, 0.25) is 0 Å². The number of halogens is 1. The second kappa shape index (κ2) is 6.41. The highest BCUT2D eigenvalue weighted by atomic mass is 79.9. The Morgan fingerprint density at radius 1 is 1.29 bits per heavy atom. The molecule has 2 rings (SSSR count). The predicted molar refractivity (Wildman–Crippen MR) is 86.3 cm³/mol. The van der Waals surface area contributed by atoms with E-state index in [9.17, 15) is 9.59 Å². The van der Waals surface area contributed by atoms with E-state index in [0.717, 1.165) is 14.6 Å². The third kappa shape index (κ3) is 3.51. The molecule has 2 aromatic rings. The first-order valence-corrected chi connectivity index (χ1v) is 7.44. The first kappa shape index (κ1) is 15.7. The van der Waals surface area contributed by atoms with Crippen LogP contribution in [0.1, 0.15) is 24.1 Å². The van der Waals surface area contributed by atoms with Gasteiger partial charge in [0.15, 0.2) is 0 Å². The van der Waals surface area contributed by atoms with Crippen LogP contribution in [0.5, 0.6) is 0 Å². The molecular formula is C15H18BrN3O2. The lowest BCUT2D eigenvalue weighted by Gasteiger charge is -2.15. The fraction of sp³-hybridized carbons (Fsp3) is 0.333. The van der Waals surface area contributed by atoms with Crippen LogP contribution in [0, 0.1) is 0 Å². The van der Waals surface area contributed by atoms with E-state index in [0.29, 0.717) is 12.1 Å². The Bertz CT molecular complexity index is 764. The topological polar surface area (TPSA) is 56.0 Å². The van der Waals surface area contributed by atoms with E-state index in [2.05, 4.69) is 21.2 Å². The minimum Gasteiger partial charge on any atom is -0.306 e. The summed E-state index contributed by atoms with van der Waals surface area (Å²) in [6.45, 7) is 2.45. The molecule has 112 valence electrons. The standard InChI is InChI=1S/C15H18BrN3O2/c1-10(11-5-4-6-13(16)7-11)17-8-12-9-18(2)15(21)19(3)14(12)20/h4-7,9-10,17H,8H2,1-3H3/t10-/m0/s1. The summed E-state index contributed by atoms with van der Waals surface area (Å²) in [5, 5.41) is 3.31. The number of benzene rings is 1. The number of hydrogen-bond donors (Lipinski definition) is 1. The summed E-state index contributed by atoms with van der Waals surface area (Å²) >= 11 is 3.45. The molecule has 21 heavy (non-hydrogen) atoms. The number of aromatic nitrogens is 2. The zero-order chi connectivity index (χ0) is 15.6. The van der Waals surface area contributed by atoms with Gasteiger partial charge in [-0.05, 0) is 24.6 Å². The van der Waals surface area contributed by atoms with Gasteiger partial charge < -0.3 is 9.88 Å². The molecule has 0 saturated heterocycles. The lowest BCUT2D eigenvalue weighted by Crippen LogP contribution is -2.39. The molecule has 6 heteroatoms. The van der Waals surface area contributed by atoms with Crippen LogP contribution in [0.15, 0.2) is 44.5 Å². The number of rotatable bonds is 4. The van der Waals surface area contributed by atoms with E-state index in [1.807, 2.05) is 31.2 Å². The number of nitrogens with one attached hydrogen (secondary N) is 1. The zero-order valence-corrected chi connectivity index (χ0v) is 13.8. The van der Waals surface area contributed by atoms with Crippen LogP contribution in [-0.2, 0) is 20.6 Å². The van der Waals surface area contributed by atoms with Gasteiger partial charge in [-0.3, -0.25) is 9.36 Å². The highest BCUT2D eigenvalue weighted by molar-refractivity contribution is 9.10. The molecule has 0 spiro atoms. The van der Waals surface area contributed by atoms with Crippen molar-refractivity contribution in [3.8, 4) is 0 Å². The van der Waals surface area contributed by atoms with Gasteiger partial charge in [-0.15, -0.1) is 0 Å². The van der Waals surface area contributed by atoms with Crippen molar-refractivity contribution in [2.24, 2.45) is 14.1 Å². The molecule has 0 fully saturated rings. The SMILES string of the molecule is C[C@H](NCc1cn(C)c(=O)n(C)c1=O)c1cccc(Br)c1. The average molecular weight is 352 g/mol. The van der Waals surface area contributed by atoms with Gasteiger partial charge in [0, 0.05) is 42.9 Å². The fourth-order valence-corrected chi connectivity index (χ4v) is 2.58. The van der Waals surface area contributed by atoms with E-state index in [1.54, 1.807) is 13.2 Å². The smallest absolute Gasteiger partial charge is 0.306 e. The summed E-state index contributed by atoms with van der Waals surface area (Å²) in [7, 11) is 3.13. The molecule has 0 bridgehead atoms. The Kier molecular flexibility index (Phi) is 4.80. The van der Waals surface area contributed by atoms with Crippen molar-refractivity contribution in [2.45, 2.75) is 19.5 Å². The van der Waals surface area contributed by atoms with Crippen LogP contribution in [0.3, 0.4) is 0 Å². The summed E-state index contributed by atoms with van der Waals surface area (Å²) in [6, 6.07) is 8.11. The first-order chi connectivity index (χ1) is 9.90. The van der Waals surface area contributed by atoms with Crippen LogP contribution in [0.4, 0.5) is 0 Å². The maximum absolute atomic E-state index is 12.0. The molecule has 0 aliphatic rings. The van der Waals surface area contributed by atoms with Crippen LogP contribution in [-0.4, -0.2) is 9.13 Å². The quantitative estimate of drug-likeness (QED) is 0.911. The molecule has 0 unspecified atom stereocenters. The first-order valence-electron chi connectivity index (χ1n) is 6.64. The maximum atomic E-state index is 12.0. The van der Waals surface area contributed by atoms with E-state index in [-0.39, 0.29) is 17.3 Å². The molecule has 1 N–H and O–H groups in total. The zero-order valence-electron chi connectivity index (χ0n) is 12.3. The average Bonchev–Trinajstić information content (AvgIpc) is 2.47. The van der Waals surface area contributed by atoms with Gasteiger partial charge in [0.1, 0.15) is 0 Å². The molecular weight excluding hydrogens is 334 g/mol. The summed E-state index contributed by atoms with van der Waals surface area (Å²) < 4.78 is 3.56. The van der Waals surface area contributed by atoms with Crippen molar-refractivity contribution in [3.63, 3.8) is 0 Å². The van der Waals surface area contributed by atoms with Crippen molar-refractivity contribution in [1.29, 1.82) is 0 Å². The Balaban J connectivity index is 2.17. The van der Waals surface area contributed by atoms with Gasteiger partial charge in [0.05, 0.1) is 0 Å². The molecule has 0 radical (unpaired) electrons. The van der Waals surface area contributed by atoms with Gasteiger partial charge in [0.25, 0.3) is 5.56 Å². The Morgan fingerprint density at radius 2 is 2.00 bits per heavy atom. The highest BCUT2D eigenvalue weighted by Crippen LogP contribution is 2.17. The summed E-state index contributed by atoms with van der Waals surface area (Å²) in [6.07, 6.45) is 1.59. The predicted octanol–water partition coefficient (Wildman–Crippen LogP) is 1.70. The second-order valence-corrected chi connectivity index (χ2v) is 5.99. The van der Waals surface area contributed by atoms with Crippen molar-refractivity contribution < 1.29 is 0 Å². The largest absolute Gasteiger partial charge is 0.330 e. The van der Waals surface area contributed by atoms with Crippen molar-refractivity contribution in [2.75, 3.05) is 0 Å². The van der Waals surface area contributed by atoms with E-state index < -0.39 is 0 Å². The molecule has 0 saturated carbocycles. The molecule has 0 aliphatic carbocycles. The van der Waals surface area contributed by atoms with Crippen LogP contribution < -0.4 is 16.6 Å². The molecule has 1 aromatic heterocycles. The Labute approximate surface area is 131 Å². The van der Waals surface area contributed by atoms with E-state index >= 15 is 0 Å². The molecule has 1 atom stereocenters. The lowest BCUT2D eigenvalue weighted by molar-refractivity contribution is 0.558. The summed E-state index contributed by atoms with van der Waals surface area (Å²) in [4.78, 5) is 23.7. The minimum atomic E-state index is -0.316. The van der Waals surface area contributed by atoms with Gasteiger partial charge in [-0.1, -0.05) is 28.1 Å². The van der Waals surface area contributed by atoms with Gasteiger partial charge >= 0.3 is 5.69 Å². The normalized spacial score (nSPS) is 12.4. The fourth-order valence-electron chi connectivity index (χ4n) is 2.16. The monoisotopic (exact) mass is 351 g/mol. The Hall–Kier alpha value is -1.66. The molecule has 5 nitrogen and oxygen atoms in total. The number of nitrogens with zero attached hydrogens (tertiary/aromatic N) is 2. The number of hydrogen-bond acceptors (Lipinski definition) is 3. The lowest BCUT2D eigenvalue weighted by atomic mass is 10.1. The summed E-state index contributed by atoms with van der Waals surface area (Å²) in [5.74, 6) is 0. The van der Waals surface area contributed by atoms with Gasteiger partial charge in [0.2, 0.25) is 0 Å². The molecule has 0 amide bonds. The maximum Gasteiger partial charge on any atom is 0.330 e.